The topological polar surface area (TPSA) is 108 Å². The molecule has 5 N–H and O–H groups in total. The second kappa shape index (κ2) is 10.5. The number of pyridine rings is 1. The molecule has 0 amide bonds. The van der Waals surface area contributed by atoms with Crippen molar-refractivity contribution in [3.8, 4) is 5.75 Å². The normalized spacial score (nSPS) is 12.6. The molecule has 1 aromatic carbocycles. The van der Waals surface area contributed by atoms with Gasteiger partial charge in [-0.15, -0.1) is 0 Å². The number of methoxy groups -OCH3 is 1. The number of amidine groups is 1. The van der Waals surface area contributed by atoms with E-state index in [1.54, 1.807) is 19.4 Å². The molecule has 2 rings (SSSR count). The molecular weight excluding hydrogens is 409 g/mol. The summed E-state index contributed by atoms with van der Waals surface area (Å²) in [6.07, 6.45) is -2.42. The molecule has 0 aliphatic heterocycles. The van der Waals surface area contributed by atoms with Crippen molar-refractivity contribution < 1.29 is 17.9 Å². The molecule has 7 nitrogen and oxygen atoms in total. The van der Waals surface area contributed by atoms with Gasteiger partial charge >= 0.3 is 6.18 Å². The number of hydrogen-bond acceptors (Lipinski definition) is 6. The summed E-state index contributed by atoms with van der Waals surface area (Å²) < 4.78 is 43.8. The predicted molar refractivity (Wildman–Crippen MR) is 117 cm³/mol. The monoisotopic (exact) mass is 434 g/mol. The zero-order valence-corrected chi connectivity index (χ0v) is 17.4. The maximum atomic E-state index is 12.9. The number of allylic oxidation sites excluding steroid dienone is 1. The molecule has 166 valence electrons. The molecule has 0 aliphatic carbocycles. The summed E-state index contributed by atoms with van der Waals surface area (Å²) in [5, 5.41) is 13.3. The lowest BCUT2D eigenvalue weighted by Gasteiger charge is -2.18. The van der Waals surface area contributed by atoms with Crippen molar-refractivity contribution in [1.82, 2.24) is 4.98 Å². The SMILES string of the molecule is COc1ccc(CNc2ccnc(NC(C)C)c2C(N)=N/C=C(\C=N)C(F)(F)F)cc1. The van der Waals surface area contributed by atoms with Crippen molar-refractivity contribution in [2.75, 3.05) is 17.7 Å². The van der Waals surface area contributed by atoms with Crippen LogP contribution in [0.5, 0.6) is 5.75 Å². The summed E-state index contributed by atoms with van der Waals surface area (Å²) in [6.45, 7) is 4.22. The number of alkyl halides is 3. The van der Waals surface area contributed by atoms with Crippen LogP contribution in [0.25, 0.3) is 0 Å². The molecule has 0 fully saturated rings. The summed E-state index contributed by atoms with van der Waals surface area (Å²) in [7, 11) is 1.58. The van der Waals surface area contributed by atoms with Gasteiger partial charge in [-0.2, -0.15) is 13.2 Å². The lowest BCUT2D eigenvalue weighted by Crippen LogP contribution is -2.22. The van der Waals surface area contributed by atoms with E-state index in [0.717, 1.165) is 11.3 Å². The van der Waals surface area contributed by atoms with Crippen LogP contribution in [0.4, 0.5) is 24.7 Å². The Morgan fingerprint density at radius 1 is 1.26 bits per heavy atom. The molecule has 2 aromatic rings. The van der Waals surface area contributed by atoms with E-state index < -0.39 is 11.7 Å². The van der Waals surface area contributed by atoms with Crippen LogP contribution in [0.3, 0.4) is 0 Å². The molecule has 0 atom stereocenters. The van der Waals surface area contributed by atoms with Gasteiger partial charge in [0.15, 0.2) is 0 Å². The first-order valence-corrected chi connectivity index (χ1v) is 9.39. The highest BCUT2D eigenvalue weighted by molar-refractivity contribution is 6.07. The number of ether oxygens (including phenoxy) is 1. The second-order valence-electron chi connectivity index (χ2n) is 6.82. The number of aliphatic imine (C=N–C) groups is 1. The van der Waals surface area contributed by atoms with Gasteiger partial charge in [-0.3, -0.25) is 0 Å². The molecule has 1 heterocycles. The number of nitrogens with one attached hydrogen (secondary N) is 3. The van der Waals surface area contributed by atoms with Gasteiger partial charge < -0.3 is 26.5 Å². The third-order valence-electron chi connectivity index (χ3n) is 4.10. The number of rotatable bonds is 9. The minimum atomic E-state index is -4.70. The smallest absolute Gasteiger partial charge is 0.419 e. The summed E-state index contributed by atoms with van der Waals surface area (Å²) in [4.78, 5) is 8.02. The van der Waals surface area contributed by atoms with Crippen LogP contribution in [-0.2, 0) is 6.54 Å². The first kappa shape index (κ1) is 23.7. The molecule has 0 unspecified atom stereocenters. The van der Waals surface area contributed by atoms with Crippen molar-refractivity contribution in [3.63, 3.8) is 0 Å². The van der Waals surface area contributed by atoms with Gasteiger partial charge in [0.1, 0.15) is 17.4 Å². The van der Waals surface area contributed by atoms with Crippen LogP contribution in [0, 0.1) is 5.41 Å². The van der Waals surface area contributed by atoms with E-state index in [4.69, 9.17) is 15.9 Å². The Bertz CT molecular complexity index is 953. The Labute approximate surface area is 178 Å². The molecule has 0 saturated heterocycles. The molecule has 1 aromatic heterocycles. The van der Waals surface area contributed by atoms with Crippen molar-refractivity contribution >= 4 is 23.6 Å². The number of hydrogen-bond donors (Lipinski definition) is 4. The predicted octanol–water partition coefficient (Wildman–Crippen LogP) is 4.32. The highest BCUT2D eigenvalue weighted by atomic mass is 19.4. The fraction of sp³-hybridized carbons (Fsp3) is 0.286. The molecule has 31 heavy (non-hydrogen) atoms. The average molecular weight is 434 g/mol. The second-order valence-corrected chi connectivity index (χ2v) is 6.82. The Balaban J connectivity index is 2.41. The zero-order chi connectivity index (χ0) is 23.0. The highest BCUT2D eigenvalue weighted by Gasteiger charge is 2.32. The minimum absolute atomic E-state index is 0.00117. The Morgan fingerprint density at radius 3 is 2.48 bits per heavy atom. The van der Waals surface area contributed by atoms with E-state index in [-0.39, 0.29) is 18.1 Å². The molecular formula is C21H25F3N6O. The fourth-order valence-electron chi connectivity index (χ4n) is 2.59. The Morgan fingerprint density at radius 2 is 1.94 bits per heavy atom. The fourth-order valence-corrected chi connectivity index (χ4v) is 2.59. The molecule has 0 bridgehead atoms. The molecule has 0 aliphatic rings. The first-order chi connectivity index (χ1) is 14.7. The van der Waals surface area contributed by atoms with Crippen molar-refractivity contribution in [2.45, 2.75) is 32.6 Å². The molecule has 0 saturated carbocycles. The van der Waals surface area contributed by atoms with Crippen LogP contribution in [-0.4, -0.2) is 36.4 Å². The van der Waals surface area contributed by atoms with E-state index in [1.165, 1.54) is 0 Å². The van der Waals surface area contributed by atoms with E-state index in [1.807, 2.05) is 38.1 Å². The maximum Gasteiger partial charge on any atom is 0.419 e. The van der Waals surface area contributed by atoms with E-state index >= 15 is 0 Å². The van der Waals surface area contributed by atoms with Gasteiger partial charge in [0, 0.05) is 31.2 Å². The lowest BCUT2D eigenvalue weighted by atomic mass is 10.1. The van der Waals surface area contributed by atoms with Crippen LogP contribution in [0.15, 0.2) is 53.3 Å². The molecule has 10 heteroatoms. The third-order valence-corrected chi connectivity index (χ3v) is 4.10. The van der Waals surface area contributed by atoms with Gasteiger partial charge in [0.05, 0.1) is 23.9 Å². The Kier molecular flexibility index (Phi) is 8.00. The third kappa shape index (κ3) is 6.73. The van der Waals surface area contributed by atoms with Crippen molar-refractivity contribution in [2.24, 2.45) is 10.7 Å². The number of nitrogens with zero attached hydrogens (tertiary/aromatic N) is 2. The van der Waals surface area contributed by atoms with E-state index in [2.05, 4.69) is 20.6 Å². The number of halogens is 3. The standard InChI is InChI=1S/C21H25F3N6O/c1-13(2)30-20-18(19(26)29-12-15(10-25)21(22,23)24)17(8-9-27-20)28-11-14-4-6-16(31-3)7-5-14/h4-10,12-13,25H,11H2,1-3H3,(H2,26,29)(H2,27,28,30)/b15-12+,25-10?. The first-order valence-electron chi connectivity index (χ1n) is 9.39. The lowest BCUT2D eigenvalue weighted by molar-refractivity contribution is -0.0858. The maximum absolute atomic E-state index is 12.9. The molecule has 0 radical (unpaired) electrons. The van der Waals surface area contributed by atoms with Crippen LogP contribution < -0.4 is 21.1 Å². The van der Waals surface area contributed by atoms with Crippen LogP contribution in [0.1, 0.15) is 25.0 Å². The summed E-state index contributed by atoms with van der Waals surface area (Å²) in [5.41, 5.74) is 6.68. The minimum Gasteiger partial charge on any atom is -0.497 e. The van der Waals surface area contributed by atoms with E-state index in [0.29, 0.717) is 29.8 Å². The zero-order valence-electron chi connectivity index (χ0n) is 17.4. The van der Waals surface area contributed by atoms with Crippen LogP contribution in [0.2, 0.25) is 0 Å². The Hall–Kier alpha value is -3.56. The van der Waals surface area contributed by atoms with Crippen molar-refractivity contribution in [1.29, 1.82) is 5.41 Å². The van der Waals surface area contributed by atoms with Gasteiger partial charge in [-0.1, -0.05) is 12.1 Å². The number of aromatic nitrogens is 1. The van der Waals surface area contributed by atoms with Crippen molar-refractivity contribution in [3.05, 3.63) is 59.4 Å². The van der Waals surface area contributed by atoms with Crippen LogP contribution >= 0.6 is 0 Å². The highest BCUT2D eigenvalue weighted by Crippen LogP contribution is 2.26. The number of anilines is 2. The van der Waals surface area contributed by atoms with Gasteiger partial charge in [0.2, 0.25) is 0 Å². The quantitative estimate of drug-likeness (QED) is 0.347. The summed E-state index contributed by atoms with van der Waals surface area (Å²) in [6, 6.07) is 9.09. The van der Waals surface area contributed by atoms with E-state index in [9.17, 15) is 13.2 Å². The van der Waals surface area contributed by atoms with Gasteiger partial charge in [0.25, 0.3) is 0 Å². The molecule has 0 spiro atoms. The number of nitrogens with two attached hydrogens (primary N) is 1. The summed E-state index contributed by atoms with van der Waals surface area (Å²) in [5.74, 6) is 0.941. The van der Waals surface area contributed by atoms with Gasteiger partial charge in [-0.05, 0) is 37.6 Å². The largest absolute Gasteiger partial charge is 0.497 e. The average Bonchev–Trinajstić information content (AvgIpc) is 2.71. The number of benzene rings is 1. The van der Waals surface area contributed by atoms with Gasteiger partial charge in [-0.25, -0.2) is 9.98 Å². The summed E-state index contributed by atoms with van der Waals surface area (Å²) >= 11 is 0.